The second-order valence-corrected chi connectivity index (χ2v) is 7.60. The second kappa shape index (κ2) is 7.58. The van der Waals surface area contributed by atoms with Crippen LogP contribution in [0.3, 0.4) is 0 Å². The summed E-state index contributed by atoms with van der Waals surface area (Å²) in [6.45, 7) is 2.88. The maximum absolute atomic E-state index is 12.9. The predicted octanol–water partition coefficient (Wildman–Crippen LogP) is 1.09. The number of piperazine rings is 2. The summed E-state index contributed by atoms with van der Waals surface area (Å²) in [5, 5.41) is 12.2. The van der Waals surface area contributed by atoms with Gasteiger partial charge in [-0.15, -0.1) is 0 Å². The summed E-state index contributed by atoms with van der Waals surface area (Å²) in [5.41, 5.74) is 2.51. The monoisotopic (exact) mass is 393 g/mol. The molecule has 0 aromatic heterocycles. The van der Waals surface area contributed by atoms with Crippen molar-refractivity contribution in [1.29, 1.82) is 0 Å². The Labute approximate surface area is 168 Å². The fraction of sp³-hybridized carbons (Fsp3) is 0.318. The van der Waals surface area contributed by atoms with Crippen LogP contribution in [0.1, 0.15) is 21.5 Å². The van der Waals surface area contributed by atoms with Gasteiger partial charge in [0.1, 0.15) is 17.8 Å². The molecule has 2 heterocycles. The third kappa shape index (κ3) is 3.81. The molecule has 0 unspecified atom stereocenters. The molecular weight excluding hydrogens is 370 g/mol. The zero-order valence-electron chi connectivity index (χ0n) is 16.2. The molecule has 0 saturated carbocycles. The van der Waals surface area contributed by atoms with Gasteiger partial charge in [0.05, 0.1) is 6.54 Å². The number of carbonyl (C=O) groups excluding carboxylic acids is 3. The molecule has 0 spiro atoms. The summed E-state index contributed by atoms with van der Waals surface area (Å²) < 4.78 is 0. The van der Waals surface area contributed by atoms with E-state index in [4.69, 9.17) is 0 Å². The van der Waals surface area contributed by atoms with Crippen LogP contribution in [0, 0.1) is 6.92 Å². The van der Waals surface area contributed by atoms with Crippen LogP contribution in [0.5, 0.6) is 5.75 Å². The van der Waals surface area contributed by atoms with E-state index >= 15 is 0 Å². The van der Waals surface area contributed by atoms with E-state index in [9.17, 15) is 19.5 Å². The SMILES string of the molecule is Cc1ccc(C(=O)N2CCN3C(=O)[C@@H](Cc4ccc(O)cc4)NC(=O)[C@H]3C2)cc1. The summed E-state index contributed by atoms with van der Waals surface area (Å²) in [7, 11) is 0. The van der Waals surface area contributed by atoms with E-state index in [-0.39, 0.29) is 30.0 Å². The standard InChI is InChI=1S/C22H23N3O4/c1-14-2-6-16(7-3-14)21(28)24-10-11-25-19(13-24)20(27)23-18(22(25)29)12-15-4-8-17(26)9-5-15/h2-9,18-19,26H,10-13H2,1H3,(H,23,27)/t18-,19-/m1/s1. The third-order valence-electron chi connectivity index (χ3n) is 5.54. The smallest absolute Gasteiger partial charge is 0.253 e. The van der Waals surface area contributed by atoms with Crippen molar-refractivity contribution in [3.8, 4) is 5.75 Å². The molecule has 0 bridgehead atoms. The third-order valence-corrected chi connectivity index (χ3v) is 5.54. The zero-order valence-corrected chi connectivity index (χ0v) is 16.2. The van der Waals surface area contributed by atoms with Crippen molar-refractivity contribution in [2.75, 3.05) is 19.6 Å². The Bertz CT molecular complexity index is 940. The van der Waals surface area contributed by atoms with E-state index in [1.54, 1.807) is 46.2 Å². The van der Waals surface area contributed by atoms with Gasteiger partial charge < -0.3 is 20.2 Å². The van der Waals surface area contributed by atoms with Gasteiger partial charge in [0, 0.05) is 25.1 Å². The van der Waals surface area contributed by atoms with Crippen molar-refractivity contribution in [3.05, 3.63) is 65.2 Å². The Kier molecular flexibility index (Phi) is 4.96. The first kappa shape index (κ1) is 19.0. The Morgan fingerprint density at radius 2 is 1.76 bits per heavy atom. The highest BCUT2D eigenvalue weighted by molar-refractivity contribution is 5.99. The zero-order chi connectivity index (χ0) is 20.5. The van der Waals surface area contributed by atoms with E-state index in [2.05, 4.69) is 5.32 Å². The second-order valence-electron chi connectivity index (χ2n) is 7.60. The van der Waals surface area contributed by atoms with Crippen LogP contribution in [-0.4, -0.2) is 64.3 Å². The Hall–Kier alpha value is -3.35. The number of amides is 3. The average Bonchev–Trinajstić information content (AvgIpc) is 2.73. The van der Waals surface area contributed by atoms with Crippen molar-refractivity contribution in [3.63, 3.8) is 0 Å². The summed E-state index contributed by atoms with van der Waals surface area (Å²) >= 11 is 0. The number of carbonyl (C=O) groups is 3. The van der Waals surface area contributed by atoms with E-state index in [0.29, 0.717) is 25.1 Å². The average molecular weight is 393 g/mol. The van der Waals surface area contributed by atoms with Crippen LogP contribution in [0.15, 0.2) is 48.5 Å². The fourth-order valence-corrected chi connectivity index (χ4v) is 3.87. The number of phenols is 1. The molecule has 2 aromatic rings. The molecule has 2 aliphatic rings. The number of hydrogen-bond donors (Lipinski definition) is 2. The molecule has 7 heteroatoms. The minimum atomic E-state index is -0.665. The Balaban J connectivity index is 1.45. The molecule has 3 amide bonds. The highest BCUT2D eigenvalue weighted by atomic mass is 16.3. The molecular formula is C22H23N3O4. The lowest BCUT2D eigenvalue weighted by atomic mass is 9.98. The number of fused-ring (bicyclic) bond motifs is 1. The fourth-order valence-electron chi connectivity index (χ4n) is 3.87. The molecule has 7 nitrogen and oxygen atoms in total. The molecule has 4 rings (SSSR count). The molecule has 2 atom stereocenters. The number of aromatic hydroxyl groups is 1. The number of nitrogens with zero attached hydrogens (tertiary/aromatic N) is 2. The van der Waals surface area contributed by atoms with Gasteiger partial charge in [-0.2, -0.15) is 0 Å². The van der Waals surface area contributed by atoms with Gasteiger partial charge in [-0.3, -0.25) is 14.4 Å². The van der Waals surface area contributed by atoms with Crippen LogP contribution < -0.4 is 5.32 Å². The van der Waals surface area contributed by atoms with Gasteiger partial charge in [-0.05, 0) is 36.8 Å². The number of benzene rings is 2. The summed E-state index contributed by atoms with van der Waals surface area (Å²) in [6, 6.07) is 12.6. The van der Waals surface area contributed by atoms with Gasteiger partial charge in [0.15, 0.2) is 0 Å². The van der Waals surface area contributed by atoms with Crippen LogP contribution in [-0.2, 0) is 16.0 Å². The first-order chi connectivity index (χ1) is 13.9. The quantitative estimate of drug-likeness (QED) is 0.817. The summed E-state index contributed by atoms with van der Waals surface area (Å²) in [6.07, 6.45) is 0.361. The summed E-state index contributed by atoms with van der Waals surface area (Å²) in [5.74, 6) is -0.349. The number of hydrogen-bond acceptors (Lipinski definition) is 4. The predicted molar refractivity (Wildman–Crippen MR) is 106 cm³/mol. The molecule has 2 N–H and O–H groups in total. The number of rotatable bonds is 3. The van der Waals surface area contributed by atoms with Gasteiger partial charge in [-0.25, -0.2) is 0 Å². The van der Waals surface area contributed by atoms with Crippen LogP contribution in [0.4, 0.5) is 0 Å². The highest BCUT2D eigenvalue weighted by Crippen LogP contribution is 2.20. The lowest BCUT2D eigenvalue weighted by Gasteiger charge is -2.45. The van der Waals surface area contributed by atoms with Crippen molar-refractivity contribution in [2.45, 2.75) is 25.4 Å². The molecule has 150 valence electrons. The van der Waals surface area contributed by atoms with Crippen LogP contribution in [0.2, 0.25) is 0 Å². The Morgan fingerprint density at radius 3 is 2.45 bits per heavy atom. The first-order valence-corrected chi connectivity index (χ1v) is 9.67. The molecule has 0 aliphatic carbocycles. The molecule has 2 fully saturated rings. The lowest BCUT2D eigenvalue weighted by molar-refractivity contribution is -0.152. The van der Waals surface area contributed by atoms with Gasteiger partial charge in [0.2, 0.25) is 11.8 Å². The molecule has 2 saturated heterocycles. The minimum Gasteiger partial charge on any atom is -0.508 e. The highest BCUT2D eigenvalue weighted by Gasteiger charge is 2.44. The summed E-state index contributed by atoms with van der Waals surface area (Å²) in [4.78, 5) is 41.6. The van der Waals surface area contributed by atoms with Gasteiger partial charge in [0.25, 0.3) is 5.91 Å². The molecule has 0 radical (unpaired) electrons. The molecule has 29 heavy (non-hydrogen) atoms. The van der Waals surface area contributed by atoms with E-state index in [0.717, 1.165) is 11.1 Å². The maximum atomic E-state index is 12.9. The number of phenolic OH excluding ortho intramolecular Hbond substituents is 1. The number of nitrogens with one attached hydrogen (secondary N) is 1. The van der Waals surface area contributed by atoms with E-state index in [1.807, 2.05) is 19.1 Å². The first-order valence-electron chi connectivity index (χ1n) is 9.67. The molecule has 2 aliphatic heterocycles. The van der Waals surface area contributed by atoms with Crippen molar-refractivity contribution < 1.29 is 19.5 Å². The van der Waals surface area contributed by atoms with Crippen LogP contribution >= 0.6 is 0 Å². The van der Waals surface area contributed by atoms with Crippen molar-refractivity contribution >= 4 is 17.7 Å². The number of aryl methyl sites for hydroxylation is 1. The van der Waals surface area contributed by atoms with Crippen LogP contribution in [0.25, 0.3) is 0 Å². The molecule has 2 aromatic carbocycles. The topological polar surface area (TPSA) is 90.0 Å². The van der Waals surface area contributed by atoms with Crippen molar-refractivity contribution in [1.82, 2.24) is 15.1 Å². The van der Waals surface area contributed by atoms with Gasteiger partial charge in [-0.1, -0.05) is 29.8 Å². The van der Waals surface area contributed by atoms with E-state index < -0.39 is 12.1 Å². The van der Waals surface area contributed by atoms with Gasteiger partial charge >= 0.3 is 0 Å². The minimum absolute atomic E-state index is 0.129. The Morgan fingerprint density at radius 1 is 1.07 bits per heavy atom. The lowest BCUT2D eigenvalue weighted by Crippen LogP contribution is -2.70. The normalized spacial score (nSPS) is 21.6. The van der Waals surface area contributed by atoms with E-state index in [1.165, 1.54) is 0 Å². The maximum Gasteiger partial charge on any atom is 0.253 e. The largest absolute Gasteiger partial charge is 0.508 e. The van der Waals surface area contributed by atoms with Crippen molar-refractivity contribution in [2.24, 2.45) is 0 Å².